The van der Waals surface area contributed by atoms with E-state index in [-0.39, 0.29) is 34.8 Å². The molecule has 0 aromatic heterocycles. The van der Waals surface area contributed by atoms with Gasteiger partial charge in [0.05, 0.1) is 17.2 Å². The maximum atomic E-state index is 13.2. The number of likely N-dealkylation sites (N-methyl/N-ethyl adjacent to an activating group) is 1. The largest absolute Gasteiger partial charge is 0.396 e. The zero-order valence-electron chi connectivity index (χ0n) is 10.7. The maximum absolute atomic E-state index is 13.2. The minimum atomic E-state index is -3.73. The van der Waals surface area contributed by atoms with Crippen LogP contribution in [0.5, 0.6) is 0 Å². The van der Waals surface area contributed by atoms with Crippen molar-refractivity contribution in [2.24, 2.45) is 0 Å². The van der Waals surface area contributed by atoms with E-state index in [1.807, 2.05) is 0 Å². The third kappa shape index (κ3) is 3.65. The van der Waals surface area contributed by atoms with E-state index < -0.39 is 15.8 Å². The van der Waals surface area contributed by atoms with Crippen molar-refractivity contribution < 1.29 is 17.5 Å². The molecule has 0 saturated heterocycles. The molecule has 5 nitrogen and oxygen atoms in total. The third-order valence-corrected chi connectivity index (χ3v) is 5.50. The lowest BCUT2D eigenvalue weighted by atomic mass is 10.3. The summed E-state index contributed by atoms with van der Waals surface area (Å²) in [5, 5.41) is 0. The summed E-state index contributed by atoms with van der Waals surface area (Å²) in [6.45, 7) is 2.50. The molecular weight excluding hydrogens is 339 g/mol. The Morgan fingerprint density at radius 2 is 2.11 bits per heavy atom. The van der Waals surface area contributed by atoms with Gasteiger partial charge in [-0.15, -0.1) is 0 Å². The van der Waals surface area contributed by atoms with E-state index >= 15 is 0 Å². The van der Waals surface area contributed by atoms with Gasteiger partial charge in [-0.05, 0) is 28.1 Å². The first kappa shape index (κ1) is 16.4. The van der Waals surface area contributed by atoms with Crippen LogP contribution in [0.3, 0.4) is 0 Å². The van der Waals surface area contributed by atoms with Gasteiger partial charge < -0.3 is 10.5 Å². The normalized spacial score (nSPS) is 12.1. The number of rotatable bonds is 6. The zero-order valence-corrected chi connectivity index (χ0v) is 13.1. The lowest BCUT2D eigenvalue weighted by Gasteiger charge is -2.21. The Bertz CT molecular complexity index is 551. The maximum Gasteiger partial charge on any atom is 0.244 e. The molecule has 1 rings (SSSR count). The van der Waals surface area contributed by atoms with E-state index in [0.29, 0.717) is 0 Å². The van der Waals surface area contributed by atoms with Gasteiger partial charge in [0.15, 0.2) is 0 Å². The number of ether oxygens (including phenoxy) is 1. The summed E-state index contributed by atoms with van der Waals surface area (Å²) in [5.74, 6) is -0.661. The molecule has 0 bridgehead atoms. The summed E-state index contributed by atoms with van der Waals surface area (Å²) in [4.78, 5) is -0.0515. The van der Waals surface area contributed by atoms with E-state index in [1.165, 1.54) is 11.4 Å². The molecule has 1 aromatic rings. The lowest BCUT2D eigenvalue weighted by molar-refractivity contribution is 0.180. The number of halogens is 2. The molecule has 0 unspecified atom stereocenters. The van der Waals surface area contributed by atoms with E-state index in [2.05, 4.69) is 15.9 Å². The number of sulfonamides is 1. The van der Waals surface area contributed by atoms with Crippen molar-refractivity contribution in [3.63, 3.8) is 0 Å². The summed E-state index contributed by atoms with van der Waals surface area (Å²) in [7, 11) is -2.24. The number of hydrogen-bond acceptors (Lipinski definition) is 4. The van der Waals surface area contributed by atoms with Crippen LogP contribution >= 0.6 is 15.9 Å². The number of nitrogens with zero attached hydrogens (tertiary/aromatic N) is 1. The Morgan fingerprint density at radius 3 is 2.63 bits per heavy atom. The fraction of sp³-hybridized carbons (Fsp3) is 0.455. The molecule has 0 saturated carbocycles. The Labute approximate surface area is 120 Å². The van der Waals surface area contributed by atoms with Crippen LogP contribution in [-0.2, 0) is 14.8 Å². The van der Waals surface area contributed by atoms with Crippen LogP contribution in [0.1, 0.15) is 6.92 Å². The Balaban J connectivity index is 3.22. The van der Waals surface area contributed by atoms with Crippen molar-refractivity contribution in [3.05, 3.63) is 22.4 Å². The van der Waals surface area contributed by atoms with Gasteiger partial charge in [0.2, 0.25) is 10.0 Å². The molecule has 108 valence electrons. The van der Waals surface area contributed by atoms with Crippen molar-refractivity contribution in [1.29, 1.82) is 0 Å². The van der Waals surface area contributed by atoms with Gasteiger partial charge in [0, 0.05) is 24.7 Å². The summed E-state index contributed by atoms with van der Waals surface area (Å²) >= 11 is 3.05. The second kappa shape index (κ2) is 6.65. The number of nitrogen functional groups attached to an aromatic ring is 1. The molecule has 0 aliphatic carbocycles. The highest BCUT2D eigenvalue weighted by atomic mass is 79.9. The first-order valence-corrected chi connectivity index (χ1v) is 7.81. The lowest BCUT2D eigenvalue weighted by Crippen LogP contribution is -2.34. The van der Waals surface area contributed by atoms with Crippen LogP contribution in [0.15, 0.2) is 21.5 Å². The number of methoxy groups -OCH3 is 1. The predicted octanol–water partition coefficient (Wildman–Crippen LogP) is 1.83. The van der Waals surface area contributed by atoms with Gasteiger partial charge in [-0.25, -0.2) is 12.8 Å². The van der Waals surface area contributed by atoms with Crippen LogP contribution < -0.4 is 5.73 Å². The Hall–Kier alpha value is -0.700. The topological polar surface area (TPSA) is 72.6 Å². The molecule has 0 spiro atoms. The van der Waals surface area contributed by atoms with Crippen molar-refractivity contribution in [3.8, 4) is 0 Å². The monoisotopic (exact) mass is 354 g/mol. The van der Waals surface area contributed by atoms with Crippen molar-refractivity contribution >= 4 is 31.6 Å². The standard InChI is InChI=1S/C11H16BrFN2O3S/c1-3-15(4-5-18-2)19(16,17)11-7-10(14)9(13)6-8(11)12/h6-7H,3-5,14H2,1-2H3. The van der Waals surface area contributed by atoms with E-state index in [9.17, 15) is 12.8 Å². The van der Waals surface area contributed by atoms with Crippen molar-refractivity contribution in [2.45, 2.75) is 11.8 Å². The molecule has 0 heterocycles. The number of hydrogen-bond donors (Lipinski definition) is 1. The molecule has 0 amide bonds. The van der Waals surface area contributed by atoms with Gasteiger partial charge in [0.25, 0.3) is 0 Å². The fourth-order valence-electron chi connectivity index (χ4n) is 1.52. The molecule has 0 fully saturated rings. The van der Waals surface area contributed by atoms with Crippen molar-refractivity contribution in [2.75, 3.05) is 32.5 Å². The highest BCUT2D eigenvalue weighted by Crippen LogP contribution is 2.29. The van der Waals surface area contributed by atoms with E-state index in [0.717, 1.165) is 12.1 Å². The van der Waals surface area contributed by atoms with E-state index in [1.54, 1.807) is 6.92 Å². The minimum absolute atomic E-state index is 0.0515. The van der Waals surface area contributed by atoms with E-state index in [4.69, 9.17) is 10.5 Å². The first-order chi connectivity index (χ1) is 8.84. The molecule has 0 radical (unpaired) electrons. The number of anilines is 1. The minimum Gasteiger partial charge on any atom is -0.396 e. The second-order valence-corrected chi connectivity index (χ2v) is 6.55. The summed E-state index contributed by atoms with van der Waals surface area (Å²) in [5.41, 5.74) is 5.22. The molecule has 19 heavy (non-hydrogen) atoms. The molecule has 0 atom stereocenters. The summed E-state index contributed by atoms with van der Waals surface area (Å²) < 4.78 is 44.3. The zero-order chi connectivity index (χ0) is 14.6. The molecule has 2 N–H and O–H groups in total. The van der Waals surface area contributed by atoms with Crippen molar-refractivity contribution in [1.82, 2.24) is 4.31 Å². The molecule has 0 aliphatic rings. The predicted molar refractivity (Wildman–Crippen MR) is 74.8 cm³/mol. The SMILES string of the molecule is CCN(CCOC)S(=O)(=O)c1cc(N)c(F)cc1Br. The molecule has 8 heteroatoms. The van der Waals surface area contributed by atoms with Crippen LogP contribution in [0, 0.1) is 5.82 Å². The molecule has 1 aromatic carbocycles. The fourth-order valence-corrected chi connectivity index (χ4v) is 3.97. The highest BCUT2D eigenvalue weighted by molar-refractivity contribution is 9.10. The number of nitrogens with two attached hydrogens (primary N) is 1. The summed E-state index contributed by atoms with van der Waals surface area (Å²) in [6, 6.07) is 2.16. The smallest absolute Gasteiger partial charge is 0.244 e. The van der Waals surface area contributed by atoms with Gasteiger partial charge in [-0.2, -0.15) is 4.31 Å². The van der Waals surface area contributed by atoms with Crippen LogP contribution in [-0.4, -0.2) is 39.5 Å². The Morgan fingerprint density at radius 1 is 1.47 bits per heavy atom. The van der Waals surface area contributed by atoms with Crippen LogP contribution in [0.4, 0.5) is 10.1 Å². The third-order valence-electron chi connectivity index (χ3n) is 2.57. The highest BCUT2D eigenvalue weighted by Gasteiger charge is 2.26. The average molecular weight is 355 g/mol. The van der Waals surface area contributed by atoms with Gasteiger partial charge in [0.1, 0.15) is 5.82 Å². The first-order valence-electron chi connectivity index (χ1n) is 5.58. The number of benzene rings is 1. The van der Waals surface area contributed by atoms with Gasteiger partial charge >= 0.3 is 0 Å². The Kier molecular flexibility index (Phi) is 5.72. The van der Waals surface area contributed by atoms with Gasteiger partial charge in [-0.3, -0.25) is 0 Å². The average Bonchev–Trinajstić information content (AvgIpc) is 2.34. The second-order valence-electron chi connectivity index (χ2n) is 3.79. The summed E-state index contributed by atoms with van der Waals surface area (Å²) in [6.07, 6.45) is 0. The van der Waals surface area contributed by atoms with Crippen LogP contribution in [0.25, 0.3) is 0 Å². The molecular formula is C11H16BrFN2O3S. The van der Waals surface area contributed by atoms with Crippen LogP contribution in [0.2, 0.25) is 0 Å². The quantitative estimate of drug-likeness (QED) is 0.791. The molecule has 0 aliphatic heterocycles. The van der Waals surface area contributed by atoms with Gasteiger partial charge in [-0.1, -0.05) is 6.92 Å².